The summed E-state index contributed by atoms with van der Waals surface area (Å²) in [6.45, 7) is 2.10. The van der Waals surface area contributed by atoms with E-state index in [0.717, 1.165) is 0 Å². The third kappa shape index (κ3) is 5.31. The van der Waals surface area contributed by atoms with Gasteiger partial charge in [0.15, 0.2) is 6.61 Å². The highest BCUT2D eigenvalue weighted by Crippen LogP contribution is 2.26. The van der Waals surface area contributed by atoms with Crippen LogP contribution in [0, 0.1) is 11.7 Å². The second-order valence-corrected chi connectivity index (χ2v) is 6.50. The molecule has 1 heterocycles. The minimum atomic E-state index is -0.675. The molecule has 0 saturated carbocycles. The standard InChI is InChI=1S/C21H21FN2O5/c1-2-28-18-9-5-16(6-10-18)23-19(25)13-29-21(27)14-11-20(26)24(12-14)17-7-3-15(22)4-8-17/h3-10,14H,2,11-13H2,1H3,(H,23,25). The van der Waals surface area contributed by atoms with Crippen LogP contribution in [0.25, 0.3) is 0 Å². The summed E-state index contributed by atoms with van der Waals surface area (Å²) in [6, 6.07) is 12.3. The highest BCUT2D eigenvalue weighted by molar-refractivity contribution is 6.00. The number of benzene rings is 2. The molecule has 1 aliphatic rings. The van der Waals surface area contributed by atoms with Crippen LogP contribution < -0.4 is 15.0 Å². The smallest absolute Gasteiger partial charge is 0.311 e. The summed E-state index contributed by atoms with van der Waals surface area (Å²) >= 11 is 0. The number of halogens is 1. The molecule has 0 aromatic heterocycles. The van der Waals surface area contributed by atoms with E-state index in [2.05, 4.69) is 5.32 Å². The topological polar surface area (TPSA) is 84.9 Å². The molecule has 3 rings (SSSR count). The average molecular weight is 400 g/mol. The number of hydrogen-bond donors (Lipinski definition) is 1. The Balaban J connectivity index is 1.48. The molecule has 29 heavy (non-hydrogen) atoms. The molecule has 0 spiro atoms. The molecule has 0 aliphatic carbocycles. The van der Waals surface area contributed by atoms with E-state index in [1.807, 2.05) is 6.92 Å². The van der Waals surface area contributed by atoms with E-state index in [-0.39, 0.29) is 18.9 Å². The zero-order valence-electron chi connectivity index (χ0n) is 15.9. The first-order valence-corrected chi connectivity index (χ1v) is 9.21. The molecule has 2 amide bonds. The predicted molar refractivity (Wildman–Crippen MR) is 104 cm³/mol. The molecule has 1 aliphatic heterocycles. The van der Waals surface area contributed by atoms with Gasteiger partial charge in [-0.2, -0.15) is 0 Å². The zero-order chi connectivity index (χ0) is 20.8. The summed E-state index contributed by atoms with van der Waals surface area (Å²) in [5, 5.41) is 2.62. The van der Waals surface area contributed by atoms with E-state index in [0.29, 0.717) is 23.7 Å². The van der Waals surface area contributed by atoms with Crippen molar-refractivity contribution in [3.8, 4) is 5.75 Å². The summed E-state index contributed by atoms with van der Waals surface area (Å²) in [4.78, 5) is 37.8. The molecule has 1 saturated heterocycles. The predicted octanol–water partition coefficient (Wildman–Crippen LogP) is 2.76. The van der Waals surface area contributed by atoms with Crippen LogP contribution in [0.4, 0.5) is 15.8 Å². The Morgan fingerprint density at radius 1 is 1.14 bits per heavy atom. The second-order valence-electron chi connectivity index (χ2n) is 6.50. The lowest BCUT2D eigenvalue weighted by Gasteiger charge is -2.16. The Morgan fingerprint density at radius 3 is 2.48 bits per heavy atom. The fourth-order valence-corrected chi connectivity index (χ4v) is 2.99. The van der Waals surface area contributed by atoms with Gasteiger partial charge in [0.25, 0.3) is 5.91 Å². The second kappa shape index (κ2) is 9.18. The van der Waals surface area contributed by atoms with Crippen molar-refractivity contribution < 1.29 is 28.2 Å². The van der Waals surface area contributed by atoms with Crippen LogP contribution in [-0.2, 0) is 19.1 Å². The first kappa shape index (κ1) is 20.3. The van der Waals surface area contributed by atoms with Crippen LogP contribution >= 0.6 is 0 Å². The fraction of sp³-hybridized carbons (Fsp3) is 0.286. The highest BCUT2D eigenvalue weighted by atomic mass is 19.1. The number of esters is 1. The SMILES string of the molecule is CCOc1ccc(NC(=O)COC(=O)C2CC(=O)N(c3ccc(F)cc3)C2)cc1. The number of rotatable bonds is 7. The molecule has 1 N–H and O–H groups in total. The first-order chi connectivity index (χ1) is 14.0. The summed E-state index contributed by atoms with van der Waals surface area (Å²) in [5.74, 6) is -1.75. The zero-order valence-corrected chi connectivity index (χ0v) is 15.9. The van der Waals surface area contributed by atoms with Crippen molar-refractivity contribution in [1.29, 1.82) is 0 Å². The van der Waals surface area contributed by atoms with Gasteiger partial charge in [-0.1, -0.05) is 0 Å². The Morgan fingerprint density at radius 2 is 1.83 bits per heavy atom. The van der Waals surface area contributed by atoms with Gasteiger partial charge >= 0.3 is 5.97 Å². The number of nitrogens with zero attached hydrogens (tertiary/aromatic N) is 1. The molecule has 152 valence electrons. The molecule has 7 nitrogen and oxygen atoms in total. The molecule has 2 aromatic rings. The van der Waals surface area contributed by atoms with Crippen LogP contribution in [0.15, 0.2) is 48.5 Å². The van der Waals surface area contributed by atoms with Crippen molar-refractivity contribution >= 4 is 29.2 Å². The summed E-state index contributed by atoms with van der Waals surface area (Å²) < 4.78 is 23.4. The molecule has 1 unspecified atom stereocenters. The van der Waals surface area contributed by atoms with E-state index in [9.17, 15) is 18.8 Å². The van der Waals surface area contributed by atoms with E-state index in [4.69, 9.17) is 9.47 Å². The van der Waals surface area contributed by atoms with Crippen LogP contribution in [0.2, 0.25) is 0 Å². The van der Waals surface area contributed by atoms with Gasteiger partial charge in [-0.3, -0.25) is 14.4 Å². The van der Waals surface area contributed by atoms with Gasteiger partial charge in [-0.15, -0.1) is 0 Å². The number of hydrogen-bond acceptors (Lipinski definition) is 5. The maximum Gasteiger partial charge on any atom is 0.311 e. The summed E-state index contributed by atoms with van der Waals surface area (Å²) in [7, 11) is 0. The van der Waals surface area contributed by atoms with Crippen molar-refractivity contribution in [3.63, 3.8) is 0 Å². The molecule has 8 heteroatoms. The van der Waals surface area contributed by atoms with Crippen LogP contribution in [0.3, 0.4) is 0 Å². The molecule has 1 atom stereocenters. The number of ether oxygens (including phenoxy) is 2. The molecule has 1 fully saturated rings. The van der Waals surface area contributed by atoms with Crippen LogP contribution in [0.5, 0.6) is 5.75 Å². The van der Waals surface area contributed by atoms with Gasteiger partial charge < -0.3 is 19.7 Å². The number of amides is 2. The van der Waals surface area contributed by atoms with E-state index >= 15 is 0 Å². The van der Waals surface area contributed by atoms with Gasteiger partial charge in [0.1, 0.15) is 11.6 Å². The Kier molecular flexibility index (Phi) is 6.43. The Labute approximate surface area is 167 Å². The quantitative estimate of drug-likeness (QED) is 0.723. The number of carbonyl (C=O) groups is 3. The van der Waals surface area contributed by atoms with Crippen molar-refractivity contribution in [1.82, 2.24) is 0 Å². The van der Waals surface area contributed by atoms with Crippen molar-refractivity contribution in [2.24, 2.45) is 5.92 Å². The van der Waals surface area contributed by atoms with Crippen molar-refractivity contribution in [2.75, 3.05) is 30.0 Å². The van der Waals surface area contributed by atoms with Crippen LogP contribution in [-0.4, -0.2) is 37.5 Å². The third-order valence-electron chi connectivity index (χ3n) is 4.39. The lowest BCUT2D eigenvalue weighted by atomic mass is 10.1. The molecular formula is C21H21FN2O5. The van der Waals surface area contributed by atoms with Crippen LogP contribution in [0.1, 0.15) is 13.3 Å². The summed E-state index contributed by atoms with van der Waals surface area (Å²) in [5.41, 5.74) is 1.06. The van der Waals surface area contributed by atoms with E-state index in [1.165, 1.54) is 29.2 Å². The minimum absolute atomic E-state index is 0.0171. The lowest BCUT2D eigenvalue weighted by Crippen LogP contribution is -2.28. The van der Waals surface area contributed by atoms with Crippen molar-refractivity contribution in [3.05, 3.63) is 54.3 Å². The van der Waals surface area contributed by atoms with E-state index in [1.54, 1.807) is 24.3 Å². The highest BCUT2D eigenvalue weighted by Gasteiger charge is 2.36. The maximum atomic E-state index is 13.0. The summed E-state index contributed by atoms with van der Waals surface area (Å²) in [6.07, 6.45) is -0.0171. The fourth-order valence-electron chi connectivity index (χ4n) is 2.99. The first-order valence-electron chi connectivity index (χ1n) is 9.21. The van der Waals surface area contributed by atoms with Gasteiger partial charge in [0, 0.05) is 24.3 Å². The maximum absolute atomic E-state index is 13.0. The molecule has 0 bridgehead atoms. The molecule has 0 radical (unpaired) electrons. The van der Waals surface area contributed by atoms with Crippen molar-refractivity contribution in [2.45, 2.75) is 13.3 Å². The minimum Gasteiger partial charge on any atom is -0.494 e. The Bertz CT molecular complexity index is 883. The number of anilines is 2. The average Bonchev–Trinajstić information content (AvgIpc) is 3.10. The lowest BCUT2D eigenvalue weighted by molar-refractivity contribution is -0.151. The largest absolute Gasteiger partial charge is 0.494 e. The molecular weight excluding hydrogens is 379 g/mol. The number of carbonyl (C=O) groups excluding carboxylic acids is 3. The number of nitrogens with one attached hydrogen (secondary N) is 1. The van der Waals surface area contributed by atoms with Gasteiger partial charge in [0.2, 0.25) is 5.91 Å². The van der Waals surface area contributed by atoms with Gasteiger partial charge in [-0.05, 0) is 55.5 Å². The Hall–Kier alpha value is -3.42. The third-order valence-corrected chi connectivity index (χ3v) is 4.39. The normalized spacial score (nSPS) is 15.9. The van der Waals surface area contributed by atoms with E-state index < -0.39 is 30.2 Å². The monoisotopic (exact) mass is 400 g/mol. The van der Waals surface area contributed by atoms with Gasteiger partial charge in [0.05, 0.1) is 12.5 Å². The van der Waals surface area contributed by atoms with Gasteiger partial charge in [-0.25, -0.2) is 4.39 Å². The molecule has 2 aromatic carbocycles.